The lowest BCUT2D eigenvalue weighted by atomic mass is 10.0. The van der Waals surface area contributed by atoms with Gasteiger partial charge >= 0.3 is 0 Å². The van der Waals surface area contributed by atoms with E-state index in [4.69, 9.17) is 4.74 Å². The van der Waals surface area contributed by atoms with E-state index in [1.165, 1.54) is 10.4 Å². The van der Waals surface area contributed by atoms with Crippen LogP contribution < -0.4 is 5.32 Å². The number of morpholine rings is 1. The van der Waals surface area contributed by atoms with Crippen molar-refractivity contribution in [2.24, 2.45) is 0 Å². The first-order valence-electron chi connectivity index (χ1n) is 7.12. The lowest BCUT2D eigenvalue weighted by molar-refractivity contribution is -0.110. The lowest BCUT2D eigenvalue weighted by Crippen LogP contribution is -2.40. The zero-order valence-electron chi connectivity index (χ0n) is 12.5. The van der Waals surface area contributed by atoms with E-state index in [2.05, 4.69) is 5.32 Å². The van der Waals surface area contributed by atoms with Gasteiger partial charge in [0.2, 0.25) is 10.0 Å². The average molecular weight is 322 g/mol. The van der Waals surface area contributed by atoms with Crippen LogP contribution in [0.5, 0.6) is 0 Å². The summed E-state index contributed by atoms with van der Waals surface area (Å²) >= 11 is 0. The summed E-state index contributed by atoms with van der Waals surface area (Å²) in [5.74, 6) is -0.184. The highest BCUT2D eigenvalue weighted by Crippen LogP contribution is 2.35. The molecule has 2 aliphatic rings. The number of allylic oxidation sites excluding steroid dienone is 1. The minimum absolute atomic E-state index is 0.184. The Hall–Kier alpha value is -1.70. The fourth-order valence-electron chi connectivity index (χ4n) is 2.74. The van der Waals surface area contributed by atoms with E-state index in [9.17, 15) is 13.2 Å². The molecule has 1 fully saturated rings. The Kier molecular flexibility index (Phi) is 3.80. The van der Waals surface area contributed by atoms with Gasteiger partial charge in [-0.2, -0.15) is 4.31 Å². The quantitative estimate of drug-likeness (QED) is 0.836. The maximum Gasteiger partial charge on any atom is 0.256 e. The largest absolute Gasteiger partial charge is 0.379 e. The van der Waals surface area contributed by atoms with Crippen molar-refractivity contribution in [2.45, 2.75) is 18.7 Å². The Balaban J connectivity index is 2.05. The van der Waals surface area contributed by atoms with Gasteiger partial charge in [0.05, 0.1) is 18.1 Å². The molecule has 7 heteroatoms. The highest BCUT2D eigenvalue weighted by Gasteiger charge is 2.30. The number of carbonyl (C=O) groups is 1. The van der Waals surface area contributed by atoms with Gasteiger partial charge in [-0.15, -0.1) is 0 Å². The predicted octanol–water partition coefficient (Wildman–Crippen LogP) is 1.45. The number of carbonyl (C=O) groups excluding carboxylic acids is 1. The molecule has 2 aliphatic heterocycles. The molecule has 118 valence electrons. The number of fused-ring (bicyclic) bond motifs is 1. The Morgan fingerprint density at radius 1 is 1.23 bits per heavy atom. The maximum absolute atomic E-state index is 12.7. The summed E-state index contributed by atoms with van der Waals surface area (Å²) in [4.78, 5) is 12.2. The van der Waals surface area contributed by atoms with Gasteiger partial charge in [-0.05, 0) is 32.0 Å². The summed E-state index contributed by atoms with van der Waals surface area (Å²) in [5, 5.41) is 2.76. The number of hydrogen-bond acceptors (Lipinski definition) is 4. The summed E-state index contributed by atoms with van der Waals surface area (Å²) < 4.78 is 32.0. The maximum atomic E-state index is 12.7. The van der Waals surface area contributed by atoms with Gasteiger partial charge in [0.25, 0.3) is 5.91 Å². The molecule has 1 amide bonds. The standard InChI is InChI=1S/C15H18N2O4S/c1-10(2)14-12-9-11(3-4-13(12)16-15(14)18)22(19,20)17-5-7-21-8-6-17/h3-4,9H,5-8H2,1-2H3,(H,16,18). The molecule has 3 rings (SSSR count). The van der Waals surface area contributed by atoms with Gasteiger partial charge in [-0.3, -0.25) is 4.79 Å². The summed E-state index contributed by atoms with van der Waals surface area (Å²) in [6, 6.07) is 4.77. The van der Waals surface area contributed by atoms with E-state index < -0.39 is 10.0 Å². The number of sulfonamides is 1. The summed E-state index contributed by atoms with van der Waals surface area (Å²) in [6.45, 7) is 5.20. The second-order valence-electron chi connectivity index (χ2n) is 5.55. The highest BCUT2D eigenvalue weighted by molar-refractivity contribution is 7.89. The third-order valence-corrected chi connectivity index (χ3v) is 5.74. The Labute approximate surface area is 129 Å². The minimum atomic E-state index is -3.56. The lowest BCUT2D eigenvalue weighted by Gasteiger charge is -2.26. The van der Waals surface area contributed by atoms with Crippen LogP contribution >= 0.6 is 0 Å². The Morgan fingerprint density at radius 2 is 1.91 bits per heavy atom. The van der Waals surface area contributed by atoms with Gasteiger partial charge in [0.1, 0.15) is 0 Å². The van der Waals surface area contributed by atoms with Crippen LogP contribution in [-0.4, -0.2) is 44.9 Å². The molecule has 1 aromatic carbocycles. The summed E-state index contributed by atoms with van der Waals surface area (Å²) in [7, 11) is -3.56. The monoisotopic (exact) mass is 322 g/mol. The van der Waals surface area contributed by atoms with Crippen LogP contribution in [-0.2, 0) is 19.6 Å². The van der Waals surface area contributed by atoms with Crippen LogP contribution in [0.15, 0.2) is 28.7 Å². The number of amides is 1. The van der Waals surface area contributed by atoms with Gasteiger partial charge in [0, 0.05) is 29.9 Å². The van der Waals surface area contributed by atoms with Crippen molar-refractivity contribution in [3.05, 3.63) is 29.3 Å². The van der Waals surface area contributed by atoms with Gasteiger partial charge < -0.3 is 10.1 Å². The van der Waals surface area contributed by atoms with Gasteiger partial charge in [0.15, 0.2) is 0 Å². The van der Waals surface area contributed by atoms with E-state index in [-0.39, 0.29) is 10.8 Å². The molecular weight excluding hydrogens is 304 g/mol. The van der Waals surface area contributed by atoms with Crippen molar-refractivity contribution in [3.8, 4) is 0 Å². The van der Waals surface area contributed by atoms with Crippen molar-refractivity contribution in [2.75, 3.05) is 31.6 Å². The number of hydrogen-bond donors (Lipinski definition) is 1. The third-order valence-electron chi connectivity index (χ3n) is 3.84. The molecule has 1 N–H and O–H groups in total. The zero-order valence-corrected chi connectivity index (χ0v) is 13.4. The smallest absolute Gasteiger partial charge is 0.256 e. The molecule has 1 saturated heterocycles. The first-order chi connectivity index (χ1) is 10.4. The second kappa shape index (κ2) is 5.49. The zero-order chi connectivity index (χ0) is 15.9. The average Bonchev–Trinajstić information content (AvgIpc) is 2.83. The molecule has 22 heavy (non-hydrogen) atoms. The molecule has 6 nitrogen and oxygen atoms in total. The molecule has 1 aromatic rings. The molecule has 2 heterocycles. The number of benzene rings is 1. The molecule has 0 bridgehead atoms. The van der Waals surface area contributed by atoms with E-state index in [1.54, 1.807) is 12.1 Å². The number of rotatable bonds is 2. The molecule has 0 aromatic heterocycles. The number of nitrogens with one attached hydrogen (secondary N) is 1. The molecule has 0 atom stereocenters. The normalized spacial score (nSPS) is 19.0. The van der Waals surface area contributed by atoms with Crippen molar-refractivity contribution in [1.82, 2.24) is 4.31 Å². The Bertz CT molecular complexity index is 758. The molecule has 0 spiro atoms. The first kappa shape index (κ1) is 15.2. The third kappa shape index (κ3) is 2.45. The molecule has 0 aliphatic carbocycles. The van der Waals surface area contributed by atoms with Crippen molar-refractivity contribution in [3.63, 3.8) is 0 Å². The molecule has 0 unspecified atom stereocenters. The van der Waals surface area contributed by atoms with E-state index in [0.717, 1.165) is 5.57 Å². The summed E-state index contributed by atoms with van der Waals surface area (Å²) in [5.41, 5.74) is 2.72. The second-order valence-corrected chi connectivity index (χ2v) is 7.49. The molecule has 0 saturated carbocycles. The fraction of sp³-hybridized carbons (Fsp3) is 0.400. The summed E-state index contributed by atoms with van der Waals surface area (Å²) in [6.07, 6.45) is 0. The number of ether oxygens (including phenoxy) is 1. The SMILES string of the molecule is CC(C)=C1C(=O)Nc2ccc(S(=O)(=O)N3CCOCC3)cc21. The van der Waals surface area contributed by atoms with E-state index in [1.807, 2.05) is 13.8 Å². The number of nitrogens with zero attached hydrogens (tertiary/aromatic N) is 1. The Morgan fingerprint density at radius 3 is 2.55 bits per heavy atom. The number of anilines is 1. The fourth-order valence-corrected chi connectivity index (χ4v) is 4.17. The minimum Gasteiger partial charge on any atom is -0.379 e. The topological polar surface area (TPSA) is 75.7 Å². The van der Waals surface area contributed by atoms with E-state index in [0.29, 0.717) is 43.1 Å². The predicted molar refractivity (Wildman–Crippen MR) is 82.9 cm³/mol. The van der Waals surface area contributed by atoms with Gasteiger partial charge in [-0.25, -0.2) is 8.42 Å². The highest BCUT2D eigenvalue weighted by atomic mass is 32.2. The van der Waals surface area contributed by atoms with Crippen LogP contribution in [0.4, 0.5) is 5.69 Å². The van der Waals surface area contributed by atoms with Crippen LogP contribution in [0.25, 0.3) is 5.57 Å². The van der Waals surface area contributed by atoms with Crippen LogP contribution in [0.3, 0.4) is 0 Å². The van der Waals surface area contributed by atoms with E-state index >= 15 is 0 Å². The molecular formula is C15H18N2O4S. The van der Waals surface area contributed by atoms with Crippen LogP contribution in [0.1, 0.15) is 19.4 Å². The molecule has 0 radical (unpaired) electrons. The first-order valence-corrected chi connectivity index (χ1v) is 8.56. The van der Waals surface area contributed by atoms with Crippen molar-refractivity contribution >= 4 is 27.2 Å². The van der Waals surface area contributed by atoms with Crippen LogP contribution in [0, 0.1) is 0 Å². The van der Waals surface area contributed by atoms with Crippen molar-refractivity contribution < 1.29 is 17.9 Å². The van der Waals surface area contributed by atoms with Gasteiger partial charge in [-0.1, -0.05) is 5.57 Å². The van der Waals surface area contributed by atoms with Crippen LogP contribution in [0.2, 0.25) is 0 Å². The van der Waals surface area contributed by atoms with Crippen molar-refractivity contribution in [1.29, 1.82) is 0 Å².